The lowest BCUT2D eigenvalue weighted by Crippen LogP contribution is -2.46. The number of carbonyl (C=O) groups is 2. The van der Waals surface area contributed by atoms with Gasteiger partial charge >= 0.3 is 12.1 Å². The molecule has 0 unspecified atom stereocenters. The van der Waals surface area contributed by atoms with Gasteiger partial charge in [-0.15, -0.1) is 0 Å². The summed E-state index contributed by atoms with van der Waals surface area (Å²) in [7, 11) is 1.84. The number of aryl methyl sites for hydroxylation is 1. The fourth-order valence-corrected chi connectivity index (χ4v) is 3.36. The summed E-state index contributed by atoms with van der Waals surface area (Å²) in [6, 6.07) is 6.07. The van der Waals surface area contributed by atoms with E-state index in [1.807, 2.05) is 40.1 Å². The summed E-state index contributed by atoms with van der Waals surface area (Å²) in [6.07, 6.45) is 6.77. The van der Waals surface area contributed by atoms with Gasteiger partial charge in [0.2, 0.25) is 0 Å². The summed E-state index contributed by atoms with van der Waals surface area (Å²) in [5.41, 5.74) is 1.29. The molecule has 10 heteroatoms. The van der Waals surface area contributed by atoms with Crippen LogP contribution in [0, 0.1) is 0 Å². The molecule has 1 aliphatic heterocycles. The summed E-state index contributed by atoms with van der Waals surface area (Å²) in [4.78, 5) is 36.5. The maximum absolute atomic E-state index is 12.5. The Bertz CT molecular complexity index is 1130. The van der Waals surface area contributed by atoms with Crippen molar-refractivity contribution < 1.29 is 14.3 Å². The summed E-state index contributed by atoms with van der Waals surface area (Å²) in [5, 5.41) is 6.82. The van der Waals surface area contributed by atoms with Crippen molar-refractivity contribution in [2.24, 2.45) is 7.05 Å². The summed E-state index contributed by atoms with van der Waals surface area (Å²) in [5.74, 6) is 1.43. The smallest absolute Gasteiger partial charge is 0.331 e. The van der Waals surface area contributed by atoms with E-state index in [0.717, 1.165) is 11.3 Å². The Morgan fingerprint density at radius 2 is 1.91 bits per heavy atom. The van der Waals surface area contributed by atoms with Crippen molar-refractivity contribution in [2.45, 2.75) is 26.3 Å². The van der Waals surface area contributed by atoms with Gasteiger partial charge in [-0.1, -0.05) is 0 Å². The van der Waals surface area contributed by atoms with E-state index < -0.39 is 6.03 Å². The topological polar surface area (TPSA) is 105 Å². The third-order valence-corrected chi connectivity index (χ3v) is 5.00. The average molecular weight is 435 g/mol. The van der Waals surface area contributed by atoms with Gasteiger partial charge in [0.1, 0.15) is 17.3 Å². The van der Waals surface area contributed by atoms with E-state index in [1.165, 1.54) is 11.1 Å². The predicted octanol–water partition coefficient (Wildman–Crippen LogP) is 3.74. The van der Waals surface area contributed by atoms with Crippen LogP contribution in [-0.4, -0.2) is 60.2 Å². The zero-order valence-corrected chi connectivity index (χ0v) is 18.4. The number of ether oxygens (including phenoxy) is 1. The Labute approximate surface area is 185 Å². The highest BCUT2D eigenvalue weighted by Crippen LogP contribution is 2.26. The van der Waals surface area contributed by atoms with Crippen LogP contribution in [0.2, 0.25) is 0 Å². The second kappa shape index (κ2) is 8.29. The fraction of sp³-hybridized carbons (Fsp3) is 0.318. The van der Waals surface area contributed by atoms with Crippen LogP contribution in [0.15, 0.2) is 49.1 Å². The van der Waals surface area contributed by atoms with Crippen LogP contribution in [0.25, 0.3) is 11.3 Å². The SMILES string of the molecule is Cn1cc(-c2cc(Oc3ccc(NC(=O)N4CCN(C(C)(C)C)C4=O)nc3)ccn2)cn1. The first-order valence-electron chi connectivity index (χ1n) is 10.2. The van der Waals surface area contributed by atoms with E-state index in [4.69, 9.17) is 4.74 Å². The molecule has 4 amide bonds. The summed E-state index contributed by atoms with van der Waals surface area (Å²) < 4.78 is 7.57. The van der Waals surface area contributed by atoms with Crippen LogP contribution in [-0.2, 0) is 7.05 Å². The lowest BCUT2D eigenvalue weighted by molar-refractivity contribution is 0.158. The number of pyridine rings is 2. The Morgan fingerprint density at radius 3 is 2.53 bits per heavy atom. The number of carbonyl (C=O) groups excluding carboxylic acids is 2. The fourth-order valence-electron chi connectivity index (χ4n) is 3.36. The summed E-state index contributed by atoms with van der Waals surface area (Å²) >= 11 is 0. The third kappa shape index (κ3) is 4.53. The largest absolute Gasteiger partial charge is 0.456 e. The Morgan fingerprint density at radius 1 is 1.09 bits per heavy atom. The Balaban J connectivity index is 1.39. The highest BCUT2D eigenvalue weighted by Gasteiger charge is 2.38. The number of anilines is 1. The number of hydrogen-bond donors (Lipinski definition) is 1. The molecule has 4 heterocycles. The van der Waals surface area contributed by atoms with Crippen molar-refractivity contribution in [3.05, 3.63) is 49.1 Å². The molecule has 0 bridgehead atoms. The maximum atomic E-state index is 12.5. The van der Waals surface area contributed by atoms with Gasteiger partial charge in [0.05, 0.1) is 18.1 Å². The minimum Gasteiger partial charge on any atom is -0.456 e. The second-order valence-corrected chi connectivity index (χ2v) is 8.45. The van der Waals surface area contributed by atoms with Gasteiger partial charge in [0.15, 0.2) is 0 Å². The first-order chi connectivity index (χ1) is 15.2. The molecule has 1 saturated heterocycles. The molecule has 1 aliphatic rings. The lowest BCUT2D eigenvalue weighted by Gasteiger charge is -2.31. The van der Waals surface area contributed by atoms with Gasteiger partial charge in [0, 0.05) is 49.7 Å². The third-order valence-electron chi connectivity index (χ3n) is 5.00. The molecule has 32 heavy (non-hydrogen) atoms. The van der Waals surface area contributed by atoms with Crippen molar-refractivity contribution in [2.75, 3.05) is 18.4 Å². The van der Waals surface area contributed by atoms with Crippen molar-refractivity contribution in [3.8, 4) is 22.8 Å². The van der Waals surface area contributed by atoms with Crippen LogP contribution in [0.3, 0.4) is 0 Å². The molecule has 10 nitrogen and oxygen atoms in total. The Kier molecular flexibility index (Phi) is 5.52. The molecule has 0 saturated carbocycles. The molecule has 3 aromatic heterocycles. The van der Waals surface area contributed by atoms with E-state index in [1.54, 1.807) is 40.2 Å². The van der Waals surface area contributed by atoms with Crippen molar-refractivity contribution in [1.29, 1.82) is 0 Å². The van der Waals surface area contributed by atoms with Gasteiger partial charge in [-0.2, -0.15) is 5.10 Å². The number of urea groups is 2. The molecule has 1 fully saturated rings. The molecule has 166 valence electrons. The monoisotopic (exact) mass is 435 g/mol. The van der Waals surface area contributed by atoms with Crippen molar-refractivity contribution >= 4 is 17.9 Å². The van der Waals surface area contributed by atoms with E-state index >= 15 is 0 Å². The number of imide groups is 1. The van der Waals surface area contributed by atoms with Crippen LogP contribution in [0.5, 0.6) is 11.5 Å². The second-order valence-electron chi connectivity index (χ2n) is 8.45. The quantitative estimate of drug-likeness (QED) is 0.669. The van der Waals surface area contributed by atoms with Gasteiger partial charge in [0.25, 0.3) is 0 Å². The lowest BCUT2D eigenvalue weighted by atomic mass is 10.1. The molecular formula is C22H25N7O3. The van der Waals surface area contributed by atoms with E-state index in [0.29, 0.717) is 30.4 Å². The molecule has 4 rings (SSSR count). The molecule has 0 atom stereocenters. The molecule has 3 aromatic rings. The molecule has 0 aromatic carbocycles. The number of nitrogens with zero attached hydrogens (tertiary/aromatic N) is 6. The van der Waals surface area contributed by atoms with Crippen LogP contribution in [0.4, 0.5) is 15.4 Å². The number of hydrogen-bond acceptors (Lipinski definition) is 6. The van der Waals surface area contributed by atoms with Gasteiger partial charge in [-0.25, -0.2) is 19.5 Å². The number of amides is 4. The maximum Gasteiger partial charge on any atom is 0.331 e. The Hall–Kier alpha value is -3.95. The standard InChI is InChI=1S/C22H25N7O3/c1-22(2,3)29-10-9-28(21(29)31)20(30)26-19-6-5-17(13-24-19)32-16-7-8-23-18(11-16)15-12-25-27(4)14-15/h5-8,11-14H,9-10H2,1-4H3,(H,24,26,30). The number of aromatic nitrogens is 4. The van der Waals surface area contributed by atoms with Gasteiger partial charge in [-0.05, 0) is 39.0 Å². The minimum absolute atomic E-state index is 0.308. The van der Waals surface area contributed by atoms with Crippen molar-refractivity contribution in [1.82, 2.24) is 29.5 Å². The van der Waals surface area contributed by atoms with E-state index in [2.05, 4.69) is 20.4 Å². The molecular weight excluding hydrogens is 410 g/mol. The predicted molar refractivity (Wildman–Crippen MR) is 118 cm³/mol. The van der Waals surface area contributed by atoms with Gasteiger partial charge < -0.3 is 9.64 Å². The van der Waals surface area contributed by atoms with E-state index in [-0.39, 0.29) is 11.6 Å². The number of rotatable bonds is 4. The van der Waals surface area contributed by atoms with Crippen LogP contribution in [0.1, 0.15) is 20.8 Å². The first-order valence-corrected chi connectivity index (χ1v) is 10.2. The highest BCUT2D eigenvalue weighted by molar-refractivity contribution is 6.01. The van der Waals surface area contributed by atoms with Crippen LogP contribution >= 0.6 is 0 Å². The molecule has 0 aliphatic carbocycles. The molecule has 1 N–H and O–H groups in total. The highest BCUT2D eigenvalue weighted by atomic mass is 16.5. The van der Waals surface area contributed by atoms with Gasteiger partial charge in [-0.3, -0.25) is 15.0 Å². The normalized spacial score (nSPS) is 14.1. The van der Waals surface area contributed by atoms with Crippen molar-refractivity contribution in [3.63, 3.8) is 0 Å². The molecule has 0 spiro atoms. The number of nitrogens with one attached hydrogen (secondary N) is 1. The average Bonchev–Trinajstić information content (AvgIpc) is 3.35. The summed E-state index contributed by atoms with van der Waals surface area (Å²) in [6.45, 7) is 6.66. The minimum atomic E-state index is -0.502. The van der Waals surface area contributed by atoms with E-state index in [9.17, 15) is 9.59 Å². The van der Waals surface area contributed by atoms with Crippen LogP contribution < -0.4 is 10.1 Å². The zero-order valence-electron chi connectivity index (χ0n) is 18.4. The first kappa shape index (κ1) is 21.3. The molecule has 0 radical (unpaired) electrons. The zero-order chi connectivity index (χ0) is 22.9.